The van der Waals surface area contributed by atoms with Crippen LogP contribution in [-0.2, 0) is 4.79 Å². The van der Waals surface area contributed by atoms with Gasteiger partial charge < -0.3 is 15.4 Å². The SMILES string of the molecule is CC(=O)CCCNc1cc(C)nc(NC(=O)Nc2ccc3ccccc3c2)n1. The summed E-state index contributed by atoms with van der Waals surface area (Å²) in [7, 11) is 0. The Bertz CT molecular complexity index is 1000. The van der Waals surface area contributed by atoms with Crippen molar-refractivity contribution in [1.29, 1.82) is 0 Å². The number of carbonyl (C=O) groups is 2. The van der Waals surface area contributed by atoms with Crippen molar-refractivity contribution in [1.82, 2.24) is 9.97 Å². The Morgan fingerprint density at radius 2 is 1.75 bits per heavy atom. The van der Waals surface area contributed by atoms with Crippen molar-refractivity contribution in [2.24, 2.45) is 0 Å². The van der Waals surface area contributed by atoms with E-state index in [1.54, 1.807) is 13.0 Å². The summed E-state index contributed by atoms with van der Waals surface area (Å²) in [5, 5.41) is 10.8. The Hall–Kier alpha value is -3.48. The van der Waals surface area contributed by atoms with Crippen molar-refractivity contribution in [3.05, 3.63) is 54.2 Å². The number of fused-ring (bicyclic) bond motifs is 1. The highest BCUT2D eigenvalue weighted by molar-refractivity contribution is 6.00. The van der Waals surface area contributed by atoms with Crippen molar-refractivity contribution in [3.63, 3.8) is 0 Å². The largest absolute Gasteiger partial charge is 0.370 e. The Labute approximate surface area is 163 Å². The second-order valence-electron chi connectivity index (χ2n) is 6.59. The maximum Gasteiger partial charge on any atom is 0.326 e. The smallest absolute Gasteiger partial charge is 0.326 e. The molecule has 28 heavy (non-hydrogen) atoms. The maximum absolute atomic E-state index is 12.3. The number of nitrogens with one attached hydrogen (secondary N) is 3. The molecule has 2 aromatic carbocycles. The Kier molecular flexibility index (Phi) is 6.16. The predicted octanol–water partition coefficient (Wildman–Crippen LogP) is 4.36. The highest BCUT2D eigenvalue weighted by atomic mass is 16.2. The van der Waals surface area contributed by atoms with Gasteiger partial charge in [-0.1, -0.05) is 30.3 Å². The van der Waals surface area contributed by atoms with Crippen LogP contribution in [0, 0.1) is 6.92 Å². The minimum atomic E-state index is -0.414. The molecular weight excluding hydrogens is 354 g/mol. The number of rotatable bonds is 7. The summed E-state index contributed by atoms with van der Waals surface area (Å²) in [6.45, 7) is 4.03. The van der Waals surface area contributed by atoms with Gasteiger partial charge in [0.05, 0.1) is 0 Å². The van der Waals surface area contributed by atoms with E-state index in [2.05, 4.69) is 25.9 Å². The van der Waals surface area contributed by atoms with E-state index in [0.717, 1.165) is 22.9 Å². The molecule has 0 unspecified atom stereocenters. The van der Waals surface area contributed by atoms with Crippen LogP contribution in [0.25, 0.3) is 10.8 Å². The minimum absolute atomic E-state index is 0.161. The number of Topliss-reactive ketones (excluding diaryl/α,β-unsaturated/α-hetero) is 1. The molecule has 0 radical (unpaired) electrons. The number of hydrogen-bond donors (Lipinski definition) is 3. The summed E-state index contributed by atoms with van der Waals surface area (Å²) in [6, 6.07) is 15.0. The van der Waals surface area contributed by atoms with E-state index in [9.17, 15) is 9.59 Å². The number of amides is 2. The summed E-state index contributed by atoms with van der Waals surface area (Å²) in [5.41, 5.74) is 1.41. The third kappa shape index (κ3) is 5.51. The number of carbonyl (C=O) groups excluding carboxylic acids is 2. The molecule has 3 aromatic rings. The lowest BCUT2D eigenvalue weighted by atomic mass is 10.1. The molecule has 0 atom stereocenters. The molecule has 1 heterocycles. The molecular formula is C21H23N5O2. The monoisotopic (exact) mass is 377 g/mol. The molecule has 0 aliphatic carbocycles. The van der Waals surface area contributed by atoms with Gasteiger partial charge in [0.2, 0.25) is 5.95 Å². The first-order chi connectivity index (χ1) is 13.5. The van der Waals surface area contributed by atoms with Gasteiger partial charge in [-0.25, -0.2) is 9.78 Å². The van der Waals surface area contributed by atoms with Crippen LogP contribution < -0.4 is 16.0 Å². The molecule has 0 saturated heterocycles. The van der Waals surface area contributed by atoms with Gasteiger partial charge in [-0.05, 0) is 43.2 Å². The topological polar surface area (TPSA) is 96.0 Å². The van der Waals surface area contributed by atoms with Crippen LogP contribution in [0.4, 0.5) is 22.2 Å². The van der Waals surface area contributed by atoms with Crippen LogP contribution in [0.3, 0.4) is 0 Å². The van der Waals surface area contributed by atoms with Crippen molar-refractivity contribution >= 4 is 40.0 Å². The highest BCUT2D eigenvalue weighted by Gasteiger charge is 2.08. The zero-order valence-electron chi connectivity index (χ0n) is 16.0. The molecule has 0 spiro atoms. The Morgan fingerprint density at radius 1 is 0.964 bits per heavy atom. The third-order valence-electron chi connectivity index (χ3n) is 4.10. The number of nitrogens with zero attached hydrogens (tertiary/aromatic N) is 2. The standard InChI is InChI=1S/C21H23N5O2/c1-14-12-19(22-11-5-6-15(2)27)25-20(23-14)26-21(28)24-18-10-9-16-7-3-4-8-17(16)13-18/h3-4,7-10,12-13H,5-6,11H2,1-2H3,(H3,22,23,24,25,26,28). The lowest BCUT2D eigenvalue weighted by Crippen LogP contribution is -2.21. The molecule has 3 N–H and O–H groups in total. The van der Waals surface area contributed by atoms with Gasteiger partial charge in [-0.3, -0.25) is 5.32 Å². The molecule has 2 amide bonds. The van der Waals surface area contributed by atoms with Crippen molar-refractivity contribution in [3.8, 4) is 0 Å². The molecule has 3 rings (SSSR count). The first kappa shape index (κ1) is 19.3. The van der Waals surface area contributed by atoms with Gasteiger partial charge in [0.1, 0.15) is 11.6 Å². The number of anilines is 3. The summed E-state index contributed by atoms with van der Waals surface area (Å²) in [6.07, 6.45) is 1.25. The van der Waals surface area contributed by atoms with Gasteiger partial charge in [-0.2, -0.15) is 4.98 Å². The molecule has 0 bridgehead atoms. The third-order valence-corrected chi connectivity index (χ3v) is 4.10. The first-order valence-electron chi connectivity index (χ1n) is 9.15. The van der Waals surface area contributed by atoms with E-state index in [4.69, 9.17) is 0 Å². The lowest BCUT2D eigenvalue weighted by Gasteiger charge is -2.10. The maximum atomic E-state index is 12.3. The van der Waals surface area contributed by atoms with E-state index in [1.165, 1.54) is 0 Å². The molecule has 1 aromatic heterocycles. The molecule has 7 heteroatoms. The zero-order valence-corrected chi connectivity index (χ0v) is 16.0. The van der Waals surface area contributed by atoms with Crippen LogP contribution in [0.15, 0.2) is 48.5 Å². The van der Waals surface area contributed by atoms with Crippen LogP contribution >= 0.6 is 0 Å². The van der Waals surface area contributed by atoms with Crippen molar-refractivity contribution in [2.75, 3.05) is 22.5 Å². The molecule has 0 saturated carbocycles. The number of aryl methyl sites for hydroxylation is 1. The average molecular weight is 377 g/mol. The van der Waals surface area contributed by atoms with E-state index in [0.29, 0.717) is 24.5 Å². The molecule has 0 fully saturated rings. The normalized spacial score (nSPS) is 10.5. The molecule has 0 aliphatic heterocycles. The minimum Gasteiger partial charge on any atom is -0.370 e. The van der Waals surface area contributed by atoms with Gasteiger partial charge in [-0.15, -0.1) is 0 Å². The summed E-state index contributed by atoms with van der Waals surface area (Å²) >= 11 is 0. The number of aromatic nitrogens is 2. The summed E-state index contributed by atoms with van der Waals surface area (Å²) in [5.74, 6) is 0.984. The summed E-state index contributed by atoms with van der Waals surface area (Å²) < 4.78 is 0. The Balaban J connectivity index is 1.61. The van der Waals surface area contributed by atoms with Crippen LogP contribution in [-0.4, -0.2) is 28.3 Å². The quantitative estimate of drug-likeness (QED) is 0.532. The highest BCUT2D eigenvalue weighted by Crippen LogP contribution is 2.19. The van der Waals surface area contributed by atoms with Gasteiger partial charge in [0, 0.05) is 30.4 Å². The van der Waals surface area contributed by atoms with Crippen molar-refractivity contribution in [2.45, 2.75) is 26.7 Å². The fourth-order valence-electron chi connectivity index (χ4n) is 2.80. The van der Waals surface area contributed by atoms with E-state index >= 15 is 0 Å². The lowest BCUT2D eigenvalue weighted by molar-refractivity contribution is -0.117. The van der Waals surface area contributed by atoms with Crippen LogP contribution in [0.1, 0.15) is 25.5 Å². The number of urea groups is 1. The summed E-state index contributed by atoms with van der Waals surface area (Å²) in [4.78, 5) is 31.9. The molecule has 0 aliphatic rings. The van der Waals surface area contributed by atoms with Crippen molar-refractivity contribution < 1.29 is 9.59 Å². The molecule has 144 valence electrons. The fraction of sp³-hybridized carbons (Fsp3) is 0.238. The number of hydrogen-bond acceptors (Lipinski definition) is 5. The van der Waals surface area contributed by atoms with Gasteiger partial charge in [0.25, 0.3) is 0 Å². The van der Waals surface area contributed by atoms with Gasteiger partial charge >= 0.3 is 6.03 Å². The van der Waals surface area contributed by atoms with Gasteiger partial charge in [0.15, 0.2) is 0 Å². The molecule has 7 nitrogen and oxygen atoms in total. The number of benzene rings is 2. The second-order valence-corrected chi connectivity index (χ2v) is 6.59. The van der Waals surface area contributed by atoms with Crippen LogP contribution in [0.2, 0.25) is 0 Å². The van der Waals surface area contributed by atoms with Crippen LogP contribution in [0.5, 0.6) is 0 Å². The fourth-order valence-corrected chi connectivity index (χ4v) is 2.80. The zero-order chi connectivity index (χ0) is 19.9. The van der Waals surface area contributed by atoms with E-state index < -0.39 is 6.03 Å². The van der Waals surface area contributed by atoms with E-state index in [1.807, 2.05) is 49.4 Å². The first-order valence-corrected chi connectivity index (χ1v) is 9.15. The second kappa shape index (κ2) is 8.94. The number of ketones is 1. The average Bonchev–Trinajstić information content (AvgIpc) is 2.64. The predicted molar refractivity (Wildman–Crippen MR) is 112 cm³/mol. The van der Waals surface area contributed by atoms with E-state index in [-0.39, 0.29) is 11.7 Å². The Morgan fingerprint density at radius 3 is 2.54 bits per heavy atom.